The molecule has 3 rings (SSSR count). The number of aliphatic hydroxyl groups is 1. The molecular weight excluding hydrogens is 378 g/mol. The Morgan fingerprint density at radius 1 is 1.20 bits per heavy atom. The summed E-state index contributed by atoms with van der Waals surface area (Å²) in [4.78, 5) is 9.66. The molecule has 7 heteroatoms. The third kappa shape index (κ3) is 6.77. The molecule has 2 aliphatic heterocycles. The fourth-order valence-electron chi connectivity index (χ4n) is 4.35. The summed E-state index contributed by atoms with van der Waals surface area (Å²) >= 11 is 0. The molecule has 1 atom stereocenters. The molecule has 1 unspecified atom stereocenters. The van der Waals surface area contributed by atoms with Crippen LogP contribution in [-0.4, -0.2) is 81.0 Å². The Morgan fingerprint density at radius 2 is 2.00 bits per heavy atom. The molecule has 7 nitrogen and oxygen atoms in total. The zero-order valence-corrected chi connectivity index (χ0v) is 18.6. The van der Waals surface area contributed by atoms with Crippen molar-refractivity contribution in [2.24, 2.45) is 4.99 Å². The fourth-order valence-corrected chi connectivity index (χ4v) is 4.35. The number of benzene rings is 1. The Labute approximate surface area is 181 Å². The largest absolute Gasteiger partial charge is 0.495 e. The SMILES string of the molecule is CCNC(=NCCCN1CCC(O)CC1)NC1CCCN(c2ccccc2OC)C1. The molecule has 2 aliphatic rings. The lowest BCUT2D eigenvalue weighted by Crippen LogP contribution is -2.51. The maximum absolute atomic E-state index is 9.63. The lowest BCUT2D eigenvalue weighted by atomic mass is 10.0. The normalized spacial score (nSPS) is 21.5. The number of guanidine groups is 1. The summed E-state index contributed by atoms with van der Waals surface area (Å²) < 4.78 is 5.56. The molecule has 0 aromatic heterocycles. The van der Waals surface area contributed by atoms with Gasteiger partial charge in [-0.25, -0.2) is 0 Å². The van der Waals surface area contributed by atoms with Gasteiger partial charge in [0.05, 0.1) is 18.9 Å². The van der Waals surface area contributed by atoms with Crippen LogP contribution in [0.5, 0.6) is 5.75 Å². The van der Waals surface area contributed by atoms with E-state index in [-0.39, 0.29) is 6.10 Å². The molecule has 0 bridgehead atoms. The van der Waals surface area contributed by atoms with Gasteiger partial charge in [0.25, 0.3) is 0 Å². The van der Waals surface area contributed by atoms with Crippen LogP contribution in [0.2, 0.25) is 0 Å². The number of likely N-dealkylation sites (tertiary alicyclic amines) is 1. The minimum atomic E-state index is -0.102. The van der Waals surface area contributed by atoms with E-state index >= 15 is 0 Å². The summed E-state index contributed by atoms with van der Waals surface area (Å²) in [6.45, 7) is 8.85. The number of hydrogen-bond acceptors (Lipinski definition) is 5. The van der Waals surface area contributed by atoms with Gasteiger partial charge in [0, 0.05) is 45.3 Å². The molecule has 3 N–H and O–H groups in total. The van der Waals surface area contributed by atoms with E-state index in [1.54, 1.807) is 7.11 Å². The van der Waals surface area contributed by atoms with E-state index in [9.17, 15) is 5.11 Å². The Morgan fingerprint density at radius 3 is 2.77 bits per heavy atom. The molecular formula is C23H39N5O2. The van der Waals surface area contributed by atoms with Crippen molar-refractivity contribution in [1.82, 2.24) is 15.5 Å². The molecule has 1 aromatic rings. The van der Waals surface area contributed by atoms with Crippen LogP contribution in [0, 0.1) is 0 Å². The van der Waals surface area contributed by atoms with Crippen molar-refractivity contribution in [1.29, 1.82) is 0 Å². The summed E-state index contributed by atoms with van der Waals surface area (Å²) in [5.74, 6) is 1.85. The van der Waals surface area contributed by atoms with E-state index in [2.05, 4.69) is 39.5 Å². The van der Waals surface area contributed by atoms with Gasteiger partial charge in [0.2, 0.25) is 0 Å². The smallest absolute Gasteiger partial charge is 0.191 e. The van der Waals surface area contributed by atoms with Crippen molar-refractivity contribution in [3.05, 3.63) is 24.3 Å². The van der Waals surface area contributed by atoms with Crippen molar-refractivity contribution in [3.8, 4) is 5.75 Å². The molecule has 0 radical (unpaired) electrons. The van der Waals surface area contributed by atoms with Gasteiger partial charge < -0.3 is 30.3 Å². The number of nitrogens with zero attached hydrogens (tertiary/aromatic N) is 3. The number of aliphatic imine (C=N–C) groups is 1. The molecule has 0 amide bonds. The Hall–Kier alpha value is -1.99. The monoisotopic (exact) mass is 417 g/mol. The first-order valence-corrected chi connectivity index (χ1v) is 11.5. The number of piperidine rings is 2. The van der Waals surface area contributed by atoms with Gasteiger partial charge in [-0.2, -0.15) is 0 Å². The molecule has 2 heterocycles. The maximum Gasteiger partial charge on any atom is 0.191 e. The highest BCUT2D eigenvalue weighted by Crippen LogP contribution is 2.29. The van der Waals surface area contributed by atoms with E-state index in [1.807, 2.05) is 12.1 Å². The van der Waals surface area contributed by atoms with Crippen LogP contribution >= 0.6 is 0 Å². The van der Waals surface area contributed by atoms with Crippen molar-refractivity contribution >= 4 is 11.6 Å². The van der Waals surface area contributed by atoms with Crippen molar-refractivity contribution < 1.29 is 9.84 Å². The number of hydrogen-bond donors (Lipinski definition) is 3. The Balaban J connectivity index is 1.49. The van der Waals surface area contributed by atoms with Crippen molar-refractivity contribution in [3.63, 3.8) is 0 Å². The topological polar surface area (TPSA) is 72.4 Å². The maximum atomic E-state index is 9.63. The van der Waals surface area contributed by atoms with Gasteiger partial charge >= 0.3 is 0 Å². The summed E-state index contributed by atoms with van der Waals surface area (Å²) in [6.07, 6.45) is 5.04. The van der Waals surface area contributed by atoms with Crippen LogP contribution in [0.4, 0.5) is 5.69 Å². The first kappa shape index (κ1) is 22.7. The van der Waals surface area contributed by atoms with E-state index in [0.717, 1.165) is 89.6 Å². The lowest BCUT2D eigenvalue weighted by molar-refractivity contribution is 0.0824. The number of anilines is 1. The second kappa shape index (κ2) is 12.0. The zero-order valence-electron chi connectivity index (χ0n) is 18.6. The van der Waals surface area contributed by atoms with Gasteiger partial charge in [0.1, 0.15) is 5.75 Å². The fraction of sp³-hybridized carbons (Fsp3) is 0.696. The van der Waals surface area contributed by atoms with E-state index in [4.69, 9.17) is 9.73 Å². The van der Waals surface area contributed by atoms with E-state index < -0.39 is 0 Å². The van der Waals surface area contributed by atoms with E-state index in [1.165, 1.54) is 5.69 Å². The molecule has 2 saturated heterocycles. The minimum Gasteiger partial charge on any atom is -0.495 e. The summed E-state index contributed by atoms with van der Waals surface area (Å²) in [7, 11) is 1.74. The number of para-hydroxylation sites is 2. The second-order valence-electron chi connectivity index (χ2n) is 8.29. The number of nitrogens with one attached hydrogen (secondary N) is 2. The Kier molecular flexibility index (Phi) is 9.08. The number of rotatable bonds is 8. The van der Waals surface area contributed by atoms with Crippen LogP contribution < -0.4 is 20.3 Å². The highest BCUT2D eigenvalue weighted by Gasteiger charge is 2.23. The van der Waals surface area contributed by atoms with Gasteiger partial charge in [0.15, 0.2) is 5.96 Å². The molecule has 0 spiro atoms. The van der Waals surface area contributed by atoms with Gasteiger partial charge in [-0.15, -0.1) is 0 Å². The number of methoxy groups -OCH3 is 1. The predicted molar refractivity (Wildman–Crippen MR) is 124 cm³/mol. The van der Waals surface area contributed by atoms with E-state index in [0.29, 0.717) is 6.04 Å². The molecule has 1 aromatic carbocycles. The molecule has 168 valence electrons. The van der Waals surface area contributed by atoms with Crippen LogP contribution in [0.25, 0.3) is 0 Å². The lowest BCUT2D eigenvalue weighted by Gasteiger charge is -2.36. The Bertz CT molecular complexity index is 661. The third-order valence-corrected chi connectivity index (χ3v) is 5.99. The molecule has 2 fully saturated rings. The first-order valence-electron chi connectivity index (χ1n) is 11.5. The highest BCUT2D eigenvalue weighted by atomic mass is 16.5. The molecule has 0 saturated carbocycles. The average molecular weight is 418 g/mol. The standard InChI is InChI=1S/C23H39N5O2/c1-3-24-23(25-13-7-14-27-16-11-20(29)12-17-27)26-19-8-6-15-28(18-19)21-9-4-5-10-22(21)30-2/h4-5,9-10,19-20,29H,3,6-8,11-18H2,1-2H3,(H2,24,25,26). The van der Waals surface area contributed by atoms with Crippen LogP contribution in [0.3, 0.4) is 0 Å². The number of ether oxygens (including phenoxy) is 1. The quantitative estimate of drug-likeness (QED) is 0.342. The first-order chi connectivity index (χ1) is 14.7. The minimum absolute atomic E-state index is 0.102. The summed E-state index contributed by atoms with van der Waals surface area (Å²) in [5, 5.41) is 16.7. The highest BCUT2D eigenvalue weighted by molar-refractivity contribution is 5.80. The van der Waals surface area contributed by atoms with Crippen LogP contribution in [0.1, 0.15) is 39.0 Å². The third-order valence-electron chi connectivity index (χ3n) is 5.99. The zero-order chi connectivity index (χ0) is 21.2. The van der Waals surface area contributed by atoms with Gasteiger partial charge in [-0.3, -0.25) is 4.99 Å². The second-order valence-corrected chi connectivity index (χ2v) is 8.29. The van der Waals surface area contributed by atoms with Crippen LogP contribution in [-0.2, 0) is 0 Å². The summed E-state index contributed by atoms with van der Waals surface area (Å²) in [6, 6.07) is 8.62. The van der Waals surface area contributed by atoms with Crippen molar-refractivity contribution in [2.45, 2.75) is 51.2 Å². The average Bonchev–Trinajstić information content (AvgIpc) is 2.78. The van der Waals surface area contributed by atoms with Crippen molar-refractivity contribution in [2.75, 3.05) is 57.8 Å². The number of aliphatic hydroxyl groups excluding tert-OH is 1. The molecule has 0 aliphatic carbocycles. The van der Waals surface area contributed by atoms with Gasteiger partial charge in [-0.05, 0) is 57.7 Å². The van der Waals surface area contributed by atoms with Gasteiger partial charge in [-0.1, -0.05) is 12.1 Å². The predicted octanol–water partition coefficient (Wildman–Crippen LogP) is 2.07. The summed E-state index contributed by atoms with van der Waals surface area (Å²) in [5.41, 5.74) is 1.17. The molecule has 30 heavy (non-hydrogen) atoms. The van der Waals surface area contributed by atoms with Crippen LogP contribution in [0.15, 0.2) is 29.3 Å².